The van der Waals surface area contributed by atoms with Crippen LogP contribution < -0.4 is 19.8 Å². The quantitative estimate of drug-likeness (QED) is 0.438. The van der Waals surface area contributed by atoms with Gasteiger partial charge in [0, 0.05) is 5.69 Å². The molecule has 3 aromatic rings. The molecule has 1 saturated heterocycles. The fourth-order valence-electron chi connectivity index (χ4n) is 4.86. The van der Waals surface area contributed by atoms with Crippen LogP contribution in [0.4, 0.5) is 11.4 Å². The number of carbonyl (C=O) groups is 2. The van der Waals surface area contributed by atoms with Crippen molar-refractivity contribution in [2.75, 3.05) is 17.1 Å². The summed E-state index contributed by atoms with van der Waals surface area (Å²) in [5.41, 5.74) is 5.17. The monoisotopic (exact) mass is 469 g/mol. The van der Waals surface area contributed by atoms with Gasteiger partial charge in [-0.15, -0.1) is 0 Å². The Morgan fingerprint density at radius 3 is 2.34 bits per heavy atom. The van der Waals surface area contributed by atoms with Crippen LogP contribution in [0.5, 0.6) is 11.5 Å². The molecule has 8 heteroatoms. The van der Waals surface area contributed by atoms with Gasteiger partial charge in [-0.25, -0.2) is 9.91 Å². The van der Waals surface area contributed by atoms with Crippen molar-refractivity contribution < 1.29 is 24.2 Å². The van der Waals surface area contributed by atoms with Crippen LogP contribution in [0.1, 0.15) is 11.7 Å². The Morgan fingerprint density at radius 2 is 1.57 bits per heavy atom. The van der Waals surface area contributed by atoms with Gasteiger partial charge >= 0.3 is 0 Å². The van der Waals surface area contributed by atoms with E-state index < -0.39 is 24.1 Å². The Bertz CT molecular complexity index is 1300. The molecule has 0 aromatic heterocycles. The molecule has 0 saturated carbocycles. The average Bonchev–Trinajstić information content (AvgIpc) is 3.46. The van der Waals surface area contributed by atoms with E-state index in [4.69, 9.17) is 9.47 Å². The van der Waals surface area contributed by atoms with Crippen molar-refractivity contribution in [3.63, 3.8) is 0 Å². The van der Waals surface area contributed by atoms with Crippen molar-refractivity contribution in [1.29, 1.82) is 0 Å². The van der Waals surface area contributed by atoms with Crippen molar-refractivity contribution in [2.24, 2.45) is 5.92 Å². The van der Waals surface area contributed by atoms with E-state index >= 15 is 0 Å². The van der Waals surface area contributed by atoms with Crippen LogP contribution in [0.25, 0.3) is 0 Å². The Balaban J connectivity index is 1.38. The number of hydrogen-bond acceptors (Lipinski definition) is 7. The number of ether oxygens (including phenoxy) is 2. The number of aliphatic hydroxyl groups excluding tert-OH is 1. The van der Waals surface area contributed by atoms with Gasteiger partial charge in [0.25, 0.3) is 5.91 Å². The highest BCUT2D eigenvalue weighted by atomic mass is 16.7. The van der Waals surface area contributed by atoms with Crippen LogP contribution >= 0.6 is 0 Å². The summed E-state index contributed by atoms with van der Waals surface area (Å²) in [5, 5.41) is 13.1. The third-order valence-corrected chi connectivity index (χ3v) is 6.56. The molecule has 3 aliphatic rings. The highest BCUT2D eigenvalue weighted by molar-refractivity contribution is 6.24. The highest BCUT2D eigenvalue weighted by Crippen LogP contribution is 2.40. The second kappa shape index (κ2) is 8.57. The molecule has 0 spiro atoms. The largest absolute Gasteiger partial charge is 0.454 e. The number of benzene rings is 3. The summed E-state index contributed by atoms with van der Waals surface area (Å²) in [6.45, 7) is 0.135. The standard InChI is InChI=1S/C27H23N3O5/c31-25(17-11-14-22-23(15-17)35-16-34-22)21-13-12-20-24(30(21)28-18-7-3-1-4-8-18)27(33)29(26(20)32)19-9-5-2-6-10-19/h1-15,20-21,24-25,28,31H,16H2. The summed E-state index contributed by atoms with van der Waals surface area (Å²) in [7, 11) is 0. The number of imide groups is 1. The van der Waals surface area contributed by atoms with Crippen LogP contribution in [-0.2, 0) is 9.59 Å². The zero-order valence-corrected chi connectivity index (χ0v) is 18.7. The van der Waals surface area contributed by atoms with E-state index in [1.807, 2.05) is 36.4 Å². The fraction of sp³-hybridized carbons (Fsp3) is 0.185. The van der Waals surface area contributed by atoms with Gasteiger partial charge in [-0.05, 0) is 42.0 Å². The molecule has 0 radical (unpaired) electrons. The Morgan fingerprint density at radius 1 is 0.857 bits per heavy atom. The van der Waals surface area contributed by atoms with Gasteiger partial charge in [0.1, 0.15) is 12.1 Å². The normalized spacial score (nSPS) is 23.9. The van der Waals surface area contributed by atoms with E-state index in [1.54, 1.807) is 59.6 Å². The topological polar surface area (TPSA) is 91.3 Å². The zero-order chi connectivity index (χ0) is 23.9. The second-order valence-electron chi connectivity index (χ2n) is 8.64. The number of fused-ring (bicyclic) bond motifs is 2. The lowest BCUT2D eigenvalue weighted by atomic mass is 9.90. The maximum atomic E-state index is 13.7. The minimum Gasteiger partial charge on any atom is -0.454 e. The summed E-state index contributed by atoms with van der Waals surface area (Å²) in [6.07, 6.45) is 2.51. The predicted octanol–water partition coefficient (Wildman–Crippen LogP) is 3.27. The molecule has 6 rings (SSSR count). The van der Waals surface area contributed by atoms with Gasteiger partial charge in [-0.3, -0.25) is 9.59 Å². The minimum atomic E-state index is -1.01. The van der Waals surface area contributed by atoms with Gasteiger partial charge in [0.2, 0.25) is 12.7 Å². The molecule has 2 amide bonds. The molecule has 0 bridgehead atoms. The van der Waals surface area contributed by atoms with E-state index in [9.17, 15) is 14.7 Å². The number of carbonyl (C=O) groups excluding carboxylic acids is 2. The van der Waals surface area contributed by atoms with E-state index in [1.165, 1.54) is 4.90 Å². The van der Waals surface area contributed by atoms with Crippen molar-refractivity contribution in [2.45, 2.75) is 18.2 Å². The first-order chi connectivity index (χ1) is 17.1. The number of amides is 2. The number of nitrogens with one attached hydrogen (secondary N) is 1. The number of rotatable bonds is 5. The maximum Gasteiger partial charge on any atom is 0.254 e. The maximum absolute atomic E-state index is 13.7. The van der Waals surface area contributed by atoms with Crippen LogP contribution in [0.2, 0.25) is 0 Å². The van der Waals surface area contributed by atoms with E-state index in [0.717, 1.165) is 5.69 Å². The number of aliphatic hydroxyl groups is 1. The molecule has 3 aliphatic heterocycles. The summed E-state index contributed by atoms with van der Waals surface area (Å²) in [4.78, 5) is 28.2. The lowest BCUT2D eigenvalue weighted by Crippen LogP contribution is -2.55. The molecular formula is C27H23N3O5. The van der Waals surface area contributed by atoms with Gasteiger partial charge in [0.15, 0.2) is 11.5 Å². The molecule has 4 atom stereocenters. The molecule has 3 heterocycles. The molecular weight excluding hydrogens is 446 g/mol. The van der Waals surface area contributed by atoms with E-state index in [2.05, 4.69) is 5.43 Å². The summed E-state index contributed by atoms with van der Waals surface area (Å²) in [6, 6.07) is 22.1. The molecule has 8 nitrogen and oxygen atoms in total. The van der Waals surface area contributed by atoms with Crippen LogP contribution in [0.15, 0.2) is 91.0 Å². The third kappa shape index (κ3) is 3.63. The third-order valence-electron chi connectivity index (χ3n) is 6.56. The van der Waals surface area contributed by atoms with Crippen molar-refractivity contribution in [3.8, 4) is 11.5 Å². The van der Waals surface area contributed by atoms with E-state index in [0.29, 0.717) is 22.7 Å². The lowest BCUT2D eigenvalue weighted by Gasteiger charge is -2.40. The molecule has 2 N–H and O–H groups in total. The summed E-state index contributed by atoms with van der Waals surface area (Å²) in [5.74, 6) is -0.141. The predicted molar refractivity (Wildman–Crippen MR) is 129 cm³/mol. The molecule has 3 aromatic carbocycles. The van der Waals surface area contributed by atoms with Crippen molar-refractivity contribution in [3.05, 3.63) is 96.6 Å². The Hall–Kier alpha value is -4.14. The fourth-order valence-corrected chi connectivity index (χ4v) is 4.86. The van der Waals surface area contributed by atoms with Gasteiger partial charge < -0.3 is 20.0 Å². The van der Waals surface area contributed by atoms with Crippen molar-refractivity contribution >= 4 is 23.2 Å². The number of hydrogen-bond donors (Lipinski definition) is 2. The smallest absolute Gasteiger partial charge is 0.254 e. The summed E-state index contributed by atoms with van der Waals surface area (Å²) >= 11 is 0. The molecule has 1 fully saturated rings. The Labute approximate surface area is 202 Å². The number of hydrazine groups is 1. The molecule has 176 valence electrons. The van der Waals surface area contributed by atoms with Crippen LogP contribution in [-0.4, -0.2) is 40.8 Å². The first-order valence-corrected chi connectivity index (χ1v) is 11.4. The van der Waals surface area contributed by atoms with Gasteiger partial charge in [0.05, 0.1) is 17.6 Å². The number of anilines is 2. The summed E-state index contributed by atoms with van der Waals surface area (Å²) < 4.78 is 10.9. The molecule has 0 aliphatic carbocycles. The molecule has 35 heavy (non-hydrogen) atoms. The van der Waals surface area contributed by atoms with Crippen molar-refractivity contribution in [1.82, 2.24) is 5.01 Å². The Kier molecular flexibility index (Phi) is 5.24. The van der Waals surface area contributed by atoms with Crippen LogP contribution in [0.3, 0.4) is 0 Å². The van der Waals surface area contributed by atoms with Gasteiger partial charge in [-0.1, -0.05) is 54.6 Å². The lowest BCUT2D eigenvalue weighted by molar-refractivity contribution is -0.123. The van der Waals surface area contributed by atoms with Crippen LogP contribution in [0, 0.1) is 5.92 Å². The number of para-hydroxylation sites is 2. The average molecular weight is 469 g/mol. The SMILES string of the molecule is O=C1C2C=CC(C(O)c3ccc4c(c3)OCO4)N(Nc3ccccc3)C2C(=O)N1c1ccccc1. The highest BCUT2D eigenvalue weighted by Gasteiger charge is 2.54. The minimum absolute atomic E-state index is 0.135. The van der Waals surface area contributed by atoms with E-state index in [-0.39, 0.29) is 18.6 Å². The van der Waals surface area contributed by atoms with Gasteiger partial charge in [-0.2, -0.15) is 0 Å². The number of nitrogens with zero attached hydrogens (tertiary/aromatic N) is 2. The second-order valence-corrected chi connectivity index (χ2v) is 8.64. The molecule has 4 unspecified atom stereocenters. The first kappa shape index (κ1) is 21.4. The first-order valence-electron chi connectivity index (χ1n) is 11.4. The zero-order valence-electron chi connectivity index (χ0n) is 18.7.